The van der Waals surface area contributed by atoms with E-state index in [-0.39, 0.29) is 37.7 Å². The third-order valence-corrected chi connectivity index (χ3v) is 2.24. The molecule has 0 aromatic heterocycles. The van der Waals surface area contributed by atoms with E-state index in [1.54, 1.807) is 0 Å². The second kappa shape index (κ2) is 6.27. The van der Waals surface area contributed by atoms with Crippen molar-refractivity contribution in [1.29, 1.82) is 0 Å². The van der Waals surface area contributed by atoms with Crippen molar-refractivity contribution >= 4 is 43.7 Å². The normalized spacial score (nSPS) is 17.8. The summed E-state index contributed by atoms with van der Waals surface area (Å²) in [5.74, 6) is 0.0722. The monoisotopic (exact) mass is 184 g/mol. The van der Waals surface area contributed by atoms with Gasteiger partial charge in [-0.05, 0) is 12.3 Å². The first-order valence-corrected chi connectivity index (χ1v) is 4.01. The quantitative estimate of drug-likeness (QED) is 0.667. The van der Waals surface area contributed by atoms with Crippen LogP contribution in [0.3, 0.4) is 0 Å². The molecule has 2 nitrogen and oxygen atoms in total. The molecule has 0 aromatic rings. The molecule has 0 bridgehead atoms. The van der Waals surface area contributed by atoms with Crippen molar-refractivity contribution in [2.24, 2.45) is 5.92 Å². The van der Waals surface area contributed by atoms with Crippen molar-refractivity contribution in [1.82, 2.24) is 0 Å². The van der Waals surface area contributed by atoms with E-state index in [4.69, 9.17) is 5.11 Å². The van der Waals surface area contributed by atoms with E-state index >= 15 is 0 Å². The van der Waals surface area contributed by atoms with Crippen LogP contribution in [0.25, 0.3) is 0 Å². The van der Waals surface area contributed by atoms with Crippen LogP contribution in [-0.4, -0.2) is 48.8 Å². The van der Waals surface area contributed by atoms with Gasteiger partial charge >= 0.3 is 43.7 Å². The maximum atomic E-state index is 10.2. The summed E-state index contributed by atoms with van der Waals surface area (Å²) >= 11 is 0. The minimum atomic E-state index is -0.646. The first-order chi connectivity index (χ1) is 4.79. The topological polar surface area (TPSA) is 37.3 Å². The van der Waals surface area contributed by atoms with Crippen molar-refractivity contribution in [3.8, 4) is 0 Å². The molecule has 0 aromatic carbocycles. The SMILES string of the molecule is O=C(O)CCC1CCCC1.[CaH2]. The molecule has 0 aliphatic heterocycles. The third-order valence-electron chi connectivity index (χ3n) is 2.24. The Morgan fingerprint density at radius 1 is 1.36 bits per heavy atom. The molecule has 1 aliphatic carbocycles. The van der Waals surface area contributed by atoms with Gasteiger partial charge in [0.15, 0.2) is 0 Å². The maximum absolute atomic E-state index is 10.2. The van der Waals surface area contributed by atoms with E-state index < -0.39 is 5.97 Å². The molecule has 0 unspecified atom stereocenters. The van der Waals surface area contributed by atoms with Crippen molar-refractivity contribution in [3.63, 3.8) is 0 Å². The van der Waals surface area contributed by atoms with Crippen LogP contribution in [0.15, 0.2) is 0 Å². The first kappa shape index (κ1) is 11.7. The zero-order valence-corrected chi connectivity index (χ0v) is 6.18. The fourth-order valence-electron chi connectivity index (χ4n) is 1.63. The molecule has 0 atom stereocenters. The second-order valence-electron chi connectivity index (χ2n) is 3.08. The van der Waals surface area contributed by atoms with E-state index in [0.717, 1.165) is 12.3 Å². The third kappa shape index (κ3) is 5.05. The number of aliphatic carboxylic acids is 1. The summed E-state index contributed by atoms with van der Waals surface area (Å²) in [6.07, 6.45) is 6.40. The van der Waals surface area contributed by atoms with Crippen molar-refractivity contribution < 1.29 is 9.90 Å². The Labute approximate surface area is 97.4 Å². The van der Waals surface area contributed by atoms with Crippen LogP contribution in [0, 0.1) is 5.92 Å². The molecular formula is C8H16CaO2. The molecule has 0 saturated heterocycles. The first-order valence-electron chi connectivity index (χ1n) is 4.01. The van der Waals surface area contributed by atoms with Gasteiger partial charge in [-0.3, -0.25) is 4.79 Å². The Morgan fingerprint density at radius 2 is 1.91 bits per heavy atom. The van der Waals surface area contributed by atoms with Crippen LogP contribution >= 0.6 is 0 Å². The van der Waals surface area contributed by atoms with E-state index in [0.29, 0.717) is 6.42 Å². The Morgan fingerprint density at radius 3 is 2.36 bits per heavy atom. The van der Waals surface area contributed by atoms with Crippen LogP contribution < -0.4 is 0 Å². The number of carbonyl (C=O) groups is 1. The van der Waals surface area contributed by atoms with Gasteiger partial charge in [0.25, 0.3) is 0 Å². The fourth-order valence-corrected chi connectivity index (χ4v) is 1.63. The fraction of sp³-hybridized carbons (Fsp3) is 0.875. The summed E-state index contributed by atoms with van der Waals surface area (Å²) in [5, 5.41) is 8.37. The van der Waals surface area contributed by atoms with Crippen LogP contribution in [0.1, 0.15) is 38.5 Å². The van der Waals surface area contributed by atoms with Gasteiger partial charge in [0.05, 0.1) is 0 Å². The van der Waals surface area contributed by atoms with Gasteiger partial charge in [0, 0.05) is 6.42 Å². The van der Waals surface area contributed by atoms with Gasteiger partial charge in [0.2, 0.25) is 0 Å². The molecule has 62 valence electrons. The molecule has 1 N–H and O–H groups in total. The predicted molar refractivity (Wildman–Crippen MR) is 47.4 cm³/mol. The summed E-state index contributed by atoms with van der Waals surface area (Å²) < 4.78 is 0. The number of carboxylic acid groups (broad SMARTS) is 1. The van der Waals surface area contributed by atoms with Crippen molar-refractivity contribution in [3.05, 3.63) is 0 Å². The van der Waals surface area contributed by atoms with E-state index in [1.807, 2.05) is 0 Å². The van der Waals surface area contributed by atoms with Gasteiger partial charge in [-0.2, -0.15) is 0 Å². The minimum absolute atomic E-state index is 0. The molecular weight excluding hydrogens is 168 g/mol. The number of carboxylic acids is 1. The second-order valence-corrected chi connectivity index (χ2v) is 3.08. The Kier molecular flexibility index (Phi) is 6.68. The zero-order valence-electron chi connectivity index (χ0n) is 6.18. The molecule has 3 heteroatoms. The number of hydrogen-bond acceptors (Lipinski definition) is 1. The molecule has 0 heterocycles. The van der Waals surface area contributed by atoms with Gasteiger partial charge < -0.3 is 5.11 Å². The van der Waals surface area contributed by atoms with E-state index in [1.165, 1.54) is 25.7 Å². The van der Waals surface area contributed by atoms with Crippen molar-refractivity contribution in [2.45, 2.75) is 38.5 Å². The van der Waals surface area contributed by atoms with Gasteiger partial charge in [-0.15, -0.1) is 0 Å². The van der Waals surface area contributed by atoms with Crippen molar-refractivity contribution in [2.75, 3.05) is 0 Å². The van der Waals surface area contributed by atoms with Gasteiger partial charge in [-0.1, -0.05) is 25.7 Å². The Hall–Kier alpha value is 0.730. The molecule has 1 fully saturated rings. The Bertz CT molecular complexity index is 119. The average molecular weight is 184 g/mol. The van der Waals surface area contributed by atoms with Crippen LogP contribution in [0.5, 0.6) is 0 Å². The Balaban J connectivity index is 0.000001000. The summed E-state index contributed by atoms with van der Waals surface area (Å²) in [6.45, 7) is 0. The number of hydrogen-bond donors (Lipinski definition) is 1. The molecule has 1 aliphatic rings. The molecule has 0 amide bonds. The summed E-state index contributed by atoms with van der Waals surface area (Å²) in [4.78, 5) is 10.2. The van der Waals surface area contributed by atoms with Gasteiger partial charge in [0.1, 0.15) is 0 Å². The van der Waals surface area contributed by atoms with Gasteiger partial charge in [-0.25, -0.2) is 0 Å². The molecule has 0 spiro atoms. The number of rotatable bonds is 3. The molecule has 11 heavy (non-hydrogen) atoms. The van der Waals surface area contributed by atoms with E-state index in [2.05, 4.69) is 0 Å². The molecule has 0 radical (unpaired) electrons. The standard InChI is InChI=1S/C8H14O2.Ca.2H/c9-8(10)6-5-7-3-1-2-4-7;;;/h7H,1-6H2,(H,9,10);;;. The van der Waals surface area contributed by atoms with E-state index in [9.17, 15) is 4.79 Å². The zero-order chi connectivity index (χ0) is 7.40. The summed E-state index contributed by atoms with van der Waals surface area (Å²) in [7, 11) is 0. The summed E-state index contributed by atoms with van der Waals surface area (Å²) in [6, 6.07) is 0. The summed E-state index contributed by atoms with van der Waals surface area (Å²) in [5.41, 5.74) is 0. The average Bonchev–Trinajstić information content (AvgIpc) is 2.34. The molecule has 1 rings (SSSR count). The van der Waals surface area contributed by atoms with Crippen LogP contribution in [0.2, 0.25) is 0 Å². The van der Waals surface area contributed by atoms with Crippen LogP contribution in [0.4, 0.5) is 0 Å². The van der Waals surface area contributed by atoms with Crippen LogP contribution in [-0.2, 0) is 4.79 Å². The molecule has 1 saturated carbocycles. The predicted octanol–water partition coefficient (Wildman–Crippen LogP) is 1.13.